The van der Waals surface area contributed by atoms with Crippen molar-refractivity contribution in [2.24, 2.45) is 0 Å². The molecular weight excluding hydrogens is 200 g/mol. The van der Waals surface area contributed by atoms with Crippen LogP contribution in [0.15, 0.2) is 0 Å². The molecule has 0 radical (unpaired) electrons. The Balaban J connectivity index is 1.59. The Hall–Kier alpha value is -0.120. The first-order valence-electron chi connectivity index (χ1n) is 7.02. The van der Waals surface area contributed by atoms with Gasteiger partial charge < -0.3 is 10.1 Å². The van der Waals surface area contributed by atoms with Crippen LogP contribution in [-0.2, 0) is 4.74 Å². The molecule has 3 aliphatic rings. The summed E-state index contributed by atoms with van der Waals surface area (Å²) in [5.74, 6) is 0. The fourth-order valence-corrected chi connectivity index (χ4v) is 3.62. The Bertz CT molecular complexity index is 226. The fourth-order valence-electron chi connectivity index (χ4n) is 3.62. The number of hydrogen-bond acceptors (Lipinski definition) is 3. The van der Waals surface area contributed by atoms with Crippen LogP contribution in [0.5, 0.6) is 0 Å². The Morgan fingerprint density at radius 3 is 2.94 bits per heavy atom. The lowest BCUT2D eigenvalue weighted by Crippen LogP contribution is -2.60. The average molecular weight is 224 g/mol. The summed E-state index contributed by atoms with van der Waals surface area (Å²) in [5.41, 5.74) is 0. The third kappa shape index (κ3) is 2.27. The predicted molar refractivity (Wildman–Crippen MR) is 64.6 cm³/mol. The van der Waals surface area contributed by atoms with Gasteiger partial charge in [0.1, 0.15) is 0 Å². The summed E-state index contributed by atoms with van der Waals surface area (Å²) in [7, 11) is 0. The molecule has 16 heavy (non-hydrogen) atoms. The first-order valence-corrected chi connectivity index (χ1v) is 7.02. The van der Waals surface area contributed by atoms with Crippen LogP contribution in [0.2, 0.25) is 0 Å². The molecule has 0 spiro atoms. The van der Waals surface area contributed by atoms with Crippen molar-refractivity contribution in [3.8, 4) is 0 Å². The lowest BCUT2D eigenvalue weighted by Gasteiger charge is -2.45. The van der Waals surface area contributed by atoms with Crippen molar-refractivity contribution < 1.29 is 4.74 Å². The van der Waals surface area contributed by atoms with Gasteiger partial charge in [-0.25, -0.2) is 0 Å². The monoisotopic (exact) mass is 224 g/mol. The van der Waals surface area contributed by atoms with Crippen molar-refractivity contribution in [2.75, 3.05) is 26.2 Å². The molecule has 0 bridgehead atoms. The van der Waals surface area contributed by atoms with E-state index in [1.165, 1.54) is 58.2 Å². The van der Waals surface area contributed by atoms with E-state index in [2.05, 4.69) is 10.2 Å². The first kappa shape index (κ1) is 11.0. The van der Waals surface area contributed by atoms with Crippen molar-refractivity contribution in [2.45, 2.75) is 56.7 Å². The standard InChI is InChI=1S/C13H24N2O/c1-2-6-13-12(5-1)14-7-8-15(13)10-11-4-3-9-16-11/h11-14H,1-10H2/t11-,12-,13+/m1/s1. The summed E-state index contributed by atoms with van der Waals surface area (Å²) in [6.45, 7) is 4.57. The molecule has 1 saturated carbocycles. The summed E-state index contributed by atoms with van der Waals surface area (Å²) in [5, 5.41) is 3.69. The zero-order chi connectivity index (χ0) is 10.8. The zero-order valence-electron chi connectivity index (χ0n) is 10.2. The van der Waals surface area contributed by atoms with E-state index in [0.29, 0.717) is 6.10 Å². The van der Waals surface area contributed by atoms with Crippen LogP contribution in [0.1, 0.15) is 38.5 Å². The fraction of sp³-hybridized carbons (Fsp3) is 1.00. The smallest absolute Gasteiger partial charge is 0.0702 e. The maximum atomic E-state index is 5.77. The lowest BCUT2D eigenvalue weighted by molar-refractivity contribution is 0.0243. The number of nitrogens with zero attached hydrogens (tertiary/aromatic N) is 1. The van der Waals surface area contributed by atoms with Gasteiger partial charge in [-0.05, 0) is 25.7 Å². The second-order valence-corrected chi connectivity index (χ2v) is 5.54. The average Bonchev–Trinajstić information content (AvgIpc) is 2.82. The lowest BCUT2D eigenvalue weighted by atomic mass is 9.87. The topological polar surface area (TPSA) is 24.5 Å². The molecule has 0 unspecified atom stereocenters. The van der Waals surface area contributed by atoms with E-state index in [0.717, 1.165) is 18.7 Å². The Morgan fingerprint density at radius 1 is 1.12 bits per heavy atom. The van der Waals surface area contributed by atoms with Crippen molar-refractivity contribution in [3.05, 3.63) is 0 Å². The summed E-state index contributed by atoms with van der Waals surface area (Å²) in [6.07, 6.45) is 8.69. The molecule has 3 fully saturated rings. The predicted octanol–water partition coefficient (Wildman–Crippen LogP) is 1.38. The maximum absolute atomic E-state index is 5.77. The van der Waals surface area contributed by atoms with Gasteiger partial charge in [0.2, 0.25) is 0 Å². The van der Waals surface area contributed by atoms with Gasteiger partial charge in [-0.3, -0.25) is 4.90 Å². The summed E-state index contributed by atoms with van der Waals surface area (Å²) < 4.78 is 5.77. The highest BCUT2D eigenvalue weighted by molar-refractivity contribution is 4.93. The Kier molecular flexibility index (Phi) is 3.46. The number of hydrogen-bond donors (Lipinski definition) is 1. The van der Waals surface area contributed by atoms with Gasteiger partial charge in [0.25, 0.3) is 0 Å². The largest absolute Gasteiger partial charge is 0.377 e. The van der Waals surface area contributed by atoms with Gasteiger partial charge in [0.05, 0.1) is 6.10 Å². The van der Waals surface area contributed by atoms with Crippen LogP contribution >= 0.6 is 0 Å². The Morgan fingerprint density at radius 2 is 2.06 bits per heavy atom. The SMILES string of the molecule is C1CO[C@@H](CN2CCN[C@@H]3CCCC[C@@H]32)C1. The number of piperazine rings is 1. The van der Waals surface area contributed by atoms with E-state index in [9.17, 15) is 0 Å². The van der Waals surface area contributed by atoms with E-state index in [4.69, 9.17) is 4.74 Å². The minimum absolute atomic E-state index is 0.528. The molecule has 3 atom stereocenters. The van der Waals surface area contributed by atoms with Gasteiger partial charge in [-0.2, -0.15) is 0 Å². The van der Waals surface area contributed by atoms with Gasteiger partial charge in [0, 0.05) is 38.3 Å². The Labute approximate surface area is 98.5 Å². The molecule has 0 aromatic carbocycles. The number of rotatable bonds is 2. The molecule has 3 nitrogen and oxygen atoms in total. The van der Waals surface area contributed by atoms with Crippen LogP contribution in [0.4, 0.5) is 0 Å². The highest BCUT2D eigenvalue weighted by Crippen LogP contribution is 2.26. The molecule has 1 aliphatic carbocycles. The highest BCUT2D eigenvalue weighted by Gasteiger charge is 2.34. The van der Waals surface area contributed by atoms with Gasteiger partial charge in [-0.15, -0.1) is 0 Å². The maximum Gasteiger partial charge on any atom is 0.0702 e. The third-order valence-corrected chi connectivity index (χ3v) is 4.47. The zero-order valence-corrected chi connectivity index (χ0v) is 10.2. The second kappa shape index (κ2) is 5.03. The molecule has 92 valence electrons. The van der Waals surface area contributed by atoms with E-state index >= 15 is 0 Å². The molecule has 3 rings (SSSR count). The number of ether oxygens (including phenoxy) is 1. The van der Waals surface area contributed by atoms with Crippen molar-refractivity contribution >= 4 is 0 Å². The third-order valence-electron chi connectivity index (χ3n) is 4.47. The van der Waals surface area contributed by atoms with E-state index in [1.54, 1.807) is 0 Å². The van der Waals surface area contributed by atoms with E-state index in [-0.39, 0.29) is 0 Å². The molecule has 0 amide bonds. The van der Waals surface area contributed by atoms with Crippen molar-refractivity contribution in [1.29, 1.82) is 0 Å². The van der Waals surface area contributed by atoms with Crippen LogP contribution in [0, 0.1) is 0 Å². The van der Waals surface area contributed by atoms with Crippen LogP contribution in [-0.4, -0.2) is 49.3 Å². The minimum Gasteiger partial charge on any atom is -0.377 e. The molecular formula is C13H24N2O. The quantitative estimate of drug-likeness (QED) is 0.767. The van der Waals surface area contributed by atoms with Crippen molar-refractivity contribution in [3.63, 3.8) is 0 Å². The molecule has 1 N–H and O–H groups in total. The normalized spacial score (nSPS) is 40.9. The first-order chi connectivity index (χ1) is 7.93. The molecule has 3 heteroatoms. The van der Waals surface area contributed by atoms with E-state index < -0.39 is 0 Å². The van der Waals surface area contributed by atoms with Crippen molar-refractivity contribution in [1.82, 2.24) is 10.2 Å². The molecule has 2 aliphatic heterocycles. The van der Waals surface area contributed by atoms with Crippen LogP contribution < -0.4 is 5.32 Å². The van der Waals surface area contributed by atoms with E-state index in [1.807, 2.05) is 0 Å². The summed E-state index contributed by atoms with van der Waals surface area (Å²) in [4.78, 5) is 2.70. The van der Waals surface area contributed by atoms with Gasteiger partial charge >= 0.3 is 0 Å². The number of fused-ring (bicyclic) bond motifs is 1. The van der Waals surface area contributed by atoms with Gasteiger partial charge in [0.15, 0.2) is 0 Å². The van der Waals surface area contributed by atoms with Gasteiger partial charge in [-0.1, -0.05) is 12.8 Å². The minimum atomic E-state index is 0.528. The number of nitrogens with one attached hydrogen (secondary N) is 1. The molecule has 0 aromatic rings. The second-order valence-electron chi connectivity index (χ2n) is 5.54. The summed E-state index contributed by atoms with van der Waals surface area (Å²) >= 11 is 0. The summed E-state index contributed by atoms with van der Waals surface area (Å²) in [6, 6.07) is 1.57. The molecule has 2 saturated heterocycles. The van der Waals surface area contributed by atoms with Crippen LogP contribution in [0.3, 0.4) is 0 Å². The molecule has 2 heterocycles. The molecule has 0 aromatic heterocycles. The highest BCUT2D eigenvalue weighted by atomic mass is 16.5. The van der Waals surface area contributed by atoms with Crippen LogP contribution in [0.25, 0.3) is 0 Å².